The van der Waals surface area contributed by atoms with E-state index < -0.39 is 10.0 Å². The van der Waals surface area contributed by atoms with Gasteiger partial charge in [-0.25, -0.2) is 8.42 Å². The summed E-state index contributed by atoms with van der Waals surface area (Å²) in [7, 11) is -3.46. The van der Waals surface area contributed by atoms with E-state index in [9.17, 15) is 8.42 Å². The molecule has 0 radical (unpaired) electrons. The van der Waals surface area contributed by atoms with Crippen LogP contribution in [0.1, 0.15) is 26.2 Å². The third-order valence-electron chi connectivity index (χ3n) is 3.24. The highest BCUT2D eigenvalue weighted by molar-refractivity contribution is 7.89. The zero-order chi connectivity index (χ0) is 13.3. The van der Waals surface area contributed by atoms with Crippen molar-refractivity contribution < 1.29 is 8.42 Å². The zero-order valence-electron chi connectivity index (χ0n) is 10.1. The van der Waals surface area contributed by atoms with E-state index in [-0.39, 0.29) is 16.0 Å². The van der Waals surface area contributed by atoms with Crippen LogP contribution in [0.15, 0.2) is 23.1 Å². The van der Waals surface area contributed by atoms with Gasteiger partial charge >= 0.3 is 0 Å². The number of hydrogen-bond acceptors (Lipinski definition) is 2. The first-order valence-electron chi connectivity index (χ1n) is 5.90. The number of piperidine rings is 1. The predicted molar refractivity (Wildman–Crippen MR) is 73.7 cm³/mol. The van der Waals surface area contributed by atoms with Crippen molar-refractivity contribution in [2.45, 2.75) is 37.1 Å². The van der Waals surface area contributed by atoms with Gasteiger partial charge in [0.2, 0.25) is 10.0 Å². The lowest BCUT2D eigenvalue weighted by molar-refractivity contribution is 0.268. The van der Waals surface area contributed by atoms with Gasteiger partial charge in [0.25, 0.3) is 0 Å². The van der Waals surface area contributed by atoms with Crippen molar-refractivity contribution in [1.29, 1.82) is 0 Å². The van der Waals surface area contributed by atoms with Crippen LogP contribution in [0.4, 0.5) is 0 Å². The molecular formula is C12H15Cl2NO2S. The largest absolute Gasteiger partial charge is 0.243 e. The van der Waals surface area contributed by atoms with Crippen molar-refractivity contribution in [2.75, 3.05) is 6.54 Å². The maximum absolute atomic E-state index is 12.5. The van der Waals surface area contributed by atoms with Crippen LogP contribution < -0.4 is 0 Å². The van der Waals surface area contributed by atoms with Crippen molar-refractivity contribution in [1.82, 2.24) is 4.31 Å². The van der Waals surface area contributed by atoms with Crippen molar-refractivity contribution in [3.8, 4) is 0 Å². The molecule has 3 nitrogen and oxygen atoms in total. The molecule has 0 amide bonds. The number of halogens is 2. The van der Waals surface area contributed by atoms with Crippen molar-refractivity contribution in [3.63, 3.8) is 0 Å². The second-order valence-corrected chi connectivity index (χ2v) is 7.24. The number of benzene rings is 1. The Morgan fingerprint density at radius 1 is 1.22 bits per heavy atom. The fourth-order valence-electron chi connectivity index (χ4n) is 2.20. The van der Waals surface area contributed by atoms with E-state index in [1.54, 1.807) is 4.31 Å². The Kier molecular flexibility index (Phi) is 4.22. The zero-order valence-corrected chi connectivity index (χ0v) is 12.4. The fraction of sp³-hybridized carbons (Fsp3) is 0.500. The monoisotopic (exact) mass is 307 g/mol. The fourth-order valence-corrected chi connectivity index (χ4v) is 4.29. The molecule has 0 bridgehead atoms. The van der Waals surface area contributed by atoms with Gasteiger partial charge in [-0.15, -0.1) is 0 Å². The molecule has 0 saturated carbocycles. The molecule has 1 heterocycles. The molecule has 18 heavy (non-hydrogen) atoms. The topological polar surface area (TPSA) is 37.4 Å². The minimum atomic E-state index is -3.46. The minimum absolute atomic E-state index is 0.0400. The van der Waals surface area contributed by atoms with Gasteiger partial charge in [0.1, 0.15) is 0 Å². The summed E-state index contributed by atoms with van der Waals surface area (Å²) in [5.74, 6) is 0. The Hall–Kier alpha value is -0.290. The maximum atomic E-state index is 12.5. The number of sulfonamides is 1. The van der Waals surface area contributed by atoms with Crippen LogP contribution in [0, 0.1) is 0 Å². The predicted octanol–water partition coefficient (Wildman–Crippen LogP) is 3.56. The Labute approximate surface area is 118 Å². The van der Waals surface area contributed by atoms with Gasteiger partial charge in [-0.2, -0.15) is 4.31 Å². The first-order valence-corrected chi connectivity index (χ1v) is 8.09. The Morgan fingerprint density at radius 3 is 2.56 bits per heavy atom. The summed E-state index contributed by atoms with van der Waals surface area (Å²) in [6.07, 6.45) is 2.89. The van der Waals surface area contributed by atoms with Crippen LogP contribution in [0.5, 0.6) is 0 Å². The van der Waals surface area contributed by atoms with E-state index in [1.165, 1.54) is 18.2 Å². The molecule has 1 atom stereocenters. The standard InChI is InChI=1S/C12H15Cl2NO2S/c1-9-4-2-3-7-15(9)18(16,17)10-5-6-11(13)12(14)8-10/h5-6,8-9H,2-4,7H2,1H3/t9-/m0/s1. The first kappa shape index (κ1) is 14.1. The Morgan fingerprint density at radius 2 is 1.94 bits per heavy atom. The number of hydrogen-bond donors (Lipinski definition) is 0. The summed E-state index contributed by atoms with van der Waals surface area (Å²) in [4.78, 5) is 0.214. The summed E-state index contributed by atoms with van der Waals surface area (Å²) in [5, 5.41) is 0.629. The molecule has 1 aliphatic rings. The van der Waals surface area contributed by atoms with Crippen LogP contribution in [-0.4, -0.2) is 25.3 Å². The number of nitrogens with zero attached hydrogens (tertiary/aromatic N) is 1. The van der Waals surface area contributed by atoms with Crippen LogP contribution in [0.3, 0.4) is 0 Å². The van der Waals surface area contributed by atoms with Crippen molar-refractivity contribution in [2.24, 2.45) is 0 Å². The number of rotatable bonds is 2. The van der Waals surface area contributed by atoms with Gasteiger partial charge in [0.05, 0.1) is 14.9 Å². The van der Waals surface area contributed by atoms with Gasteiger partial charge in [0.15, 0.2) is 0 Å². The molecule has 0 aliphatic carbocycles. The molecule has 1 fully saturated rings. The molecular weight excluding hydrogens is 293 g/mol. The first-order chi connectivity index (χ1) is 8.43. The molecule has 100 valence electrons. The molecule has 0 unspecified atom stereocenters. The molecule has 6 heteroatoms. The van der Waals surface area contributed by atoms with Gasteiger partial charge in [-0.05, 0) is 38.0 Å². The van der Waals surface area contributed by atoms with Gasteiger partial charge in [-0.3, -0.25) is 0 Å². The highest BCUT2D eigenvalue weighted by Gasteiger charge is 2.31. The molecule has 1 aliphatic heterocycles. The molecule has 0 spiro atoms. The van der Waals surface area contributed by atoms with E-state index in [0.29, 0.717) is 11.6 Å². The highest BCUT2D eigenvalue weighted by Crippen LogP contribution is 2.29. The van der Waals surface area contributed by atoms with Gasteiger partial charge < -0.3 is 0 Å². The maximum Gasteiger partial charge on any atom is 0.243 e. The summed E-state index contributed by atoms with van der Waals surface area (Å²) < 4.78 is 26.5. The lowest BCUT2D eigenvalue weighted by Gasteiger charge is -2.32. The van der Waals surface area contributed by atoms with Crippen LogP contribution in [0.2, 0.25) is 10.0 Å². The highest BCUT2D eigenvalue weighted by atomic mass is 35.5. The van der Waals surface area contributed by atoms with Crippen molar-refractivity contribution in [3.05, 3.63) is 28.2 Å². The third kappa shape index (κ3) is 2.67. The normalized spacial score (nSPS) is 22.1. The molecule has 2 rings (SSSR count). The molecule has 1 saturated heterocycles. The Balaban J connectivity index is 2.37. The second kappa shape index (κ2) is 5.37. The van der Waals surface area contributed by atoms with Gasteiger partial charge in [0, 0.05) is 12.6 Å². The summed E-state index contributed by atoms with van der Waals surface area (Å²) in [6, 6.07) is 4.48. The Bertz CT molecular complexity index is 545. The van der Waals surface area contributed by atoms with Crippen molar-refractivity contribution >= 4 is 33.2 Å². The quantitative estimate of drug-likeness (QED) is 0.838. The van der Waals surface area contributed by atoms with E-state index in [2.05, 4.69) is 0 Å². The summed E-state index contributed by atoms with van der Waals surface area (Å²) >= 11 is 11.7. The molecule has 1 aromatic carbocycles. The third-order valence-corrected chi connectivity index (χ3v) is 5.99. The van der Waals surface area contributed by atoms with E-state index in [0.717, 1.165) is 19.3 Å². The van der Waals surface area contributed by atoms with Crippen LogP contribution >= 0.6 is 23.2 Å². The van der Waals surface area contributed by atoms with Crippen LogP contribution in [-0.2, 0) is 10.0 Å². The van der Waals surface area contributed by atoms with E-state index >= 15 is 0 Å². The van der Waals surface area contributed by atoms with E-state index in [1.807, 2.05) is 6.92 Å². The summed E-state index contributed by atoms with van der Waals surface area (Å²) in [5.41, 5.74) is 0. The molecule has 0 aromatic heterocycles. The van der Waals surface area contributed by atoms with Gasteiger partial charge in [-0.1, -0.05) is 29.6 Å². The lowest BCUT2D eigenvalue weighted by Crippen LogP contribution is -2.41. The average molecular weight is 308 g/mol. The molecule has 1 aromatic rings. The van der Waals surface area contributed by atoms with E-state index in [4.69, 9.17) is 23.2 Å². The minimum Gasteiger partial charge on any atom is -0.207 e. The van der Waals surface area contributed by atoms with Crippen LogP contribution in [0.25, 0.3) is 0 Å². The summed E-state index contributed by atoms with van der Waals surface area (Å²) in [6.45, 7) is 2.51. The lowest BCUT2D eigenvalue weighted by atomic mass is 10.1. The smallest absolute Gasteiger partial charge is 0.207 e. The average Bonchev–Trinajstić information content (AvgIpc) is 2.33. The second-order valence-electron chi connectivity index (χ2n) is 4.54. The molecule has 0 N–H and O–H groups in total. The SMILES string of the molecule is C[C@H]1CCCCN1S(=O)(=O)c1ccc(Cl)c(Cl)c1.